The average molecular weight is 262 g/mol. The first-order valence-electron chi connectivity index (χ1n) is 4.84. The van der Waals surface area contributed by atoms with E-state index < -0.39 is 4.87 Å². The summed E-state index contributed by atoms with van der Waals surface area (Å²) in [7, 11) is 0. The molecule has 1 heterocycles. The first-order chi connectivity index (χ1) is 6.74. The fraction of sp³-hybridized carbons (Fsp3) is 0.400. The van der Waals surface area contributed by atoms with Crippen molar-refractivity contribution in [3.63, 3.8) is 0 Å². The van der Waals surface area contributed by atoms with Gasteiger partial charge in [0.05, 0.1) is 0 Å². The van der Waals surface area contributed by atoms with Crippen molar-refractivity contribution in [3.05, 3.63) is 29.8 Å². The van der Waals surface area contributed by atoms with Gasteiger partial charge in [-0.15, -0.1) is 0 Å². The second kappa shape index (κ2) is 4.69. The fourth-order valence-electron chi connectivity index (χ4n) is 1.56. The van der Waals surface area contributed by atoms with Crippen molar-refractivity contribution in [1.82, 2.24) is 0 Å². The molecule has 1 aromatic carbocycles. The van der Waals surface area contributed by atoms with Crippen LogP contribution in [0.1, 0.15) is 12.5 Å². The molecule has 1 saturated heterocycles. The van der Waals surface area contributed by atoms with Crippen LogP contribution in [-0.2, 0) is 6.42 Å². The molecule has 0 spiro atoms. The number of hydrogen-bond donors (Lipinski definition) is 1. The van der Waals surface area contributed by atoms with Gasteiger partial charge in [0.2, 0.25) is 0 Å². The van der Waals surface area contributed by atoms with Gasteiger partial charge in [0.25, 0.3) is 0 Å². The summed E-state index contributed by atoms with van der Waals surface area (Å²) in [6, 6.07) is 8.99. The Morgan fingerprint density at radius 1 is 1.36 bits per heavy atom. The summed E-state index contributed by atoms with van der Waals surface area (Å²) in [6.07, 6.45) is 1.13. The van der Waals surface area contributed by atoms with E-state index in [9.17, 15) is 0 Å². The zero-order valence-electron chi connectivity index (χ0n) is 8.19. The van der Waals surface area contributed by atoms with Crippen LogP contribution in [0.3, 0.4) is 0 Å². The second-order valence-corrected chi connectivity index (χ2v) is 16.5. The summed E-state index contributed by atoms with van der Waals surface area (Å²) in [5, 5.41) is 1.49. The van der Waals surface area contributed by atoms with Gasteiger partial charge >= 0.3 is 99.9 Å². The minimum absolute atomic E-state index is 1.13. The van der Waals surface area contributed by atoms with Crippen molar-refractivity contribution >= 4 is 45.2 Å². The van der Waals surface area contributed by atoms with E-state index in [0.717, 1.165) is 6.42 Å². The number of rotatable bonds is 2. The van der Waals surface area contributed by atoms with Gasteiger partial charge < -0.3 is 0 Å². The molecule has 14 heavy (non-hydrogen) atoms. The van der Waals surface area contributed by atoms with E-state index in [2.05, 4.69) is 54.0 Å². The van der Waals surface area contributed by atoms with Crippen LogP contribution in [0.4, 0.5) is 0 Å². The molecule has 1 aliphatic heterocycles. The molecule has 0 aromatic heterocycles. The normalized spacial score (nSPS) is 22.1. The monoisotopic (exact) mass is 262 g/mol. The fourth-order valence-corrected chi connectivity index (χ4v) is 13.3. The standard InChI is InChI=1S/C10H15PS3/c1-2-9-4-3-5-10(8-9)11(12)13-6-7-14-11/h3-5,8,11-12H,2,6-7H2,1H3. The third-order valence-corrected chi connectivity index (χ3v) is 15.5. The molecule has 1 aliphatic rings. The van der Waals surface area contributed by atoms with E-state index in [4.69, 9.17) is 12.2 Å². The number of aryl methyl sites for hydroxylation is 1. The van der Waals surface area contributed by atoms with Crippen molar-refractivity contribution in [2.75, 3.05) is 11.5 Å². The summed E-state index contributed by atoms with van der Waals surface area (Å²) in [5.41, 5.74) is 1.44. The molecule has 0 bridgehead atoms. The quantitative estimate of drug-likeness (QED) is 0.636. The van der Waals surface area contributed by atoms with Crippen LogP contribution < -0.4 is 5.30 Å². The maximum absolute atomic E-state index is 4.92. The Kier molecular flexibility index (Phi) is 3.75. The van der Waals surface area contributed by atoms with Gasteiger partial charge in [-0.1, -0.05) is 0 Å². The van der Waals surface area contributed by atoms with Gasteiger partial charge in [-0.3, -0.25) is 0 Å². The van der Waals surface area contributed by atoms with Gasteiger partial charge in [0, 0.05) is 0 Å². The molecule has 1 fully saturated rings. The molecule has 0 radical (unpaired) electrons. The third kappa shape index (κ3) is 2.27. The van der Waals surface area contributed by atoms with E-state index in [1.807, 2.05) is 0 Å². The van der Waals surface area contributed by atoms with Crippen LogP contribution in [0.2, 0.25) is 0 Å². The molecule has 0 atom stereocenters. The van der Waals surface area contributed by atoms with Crippen LogP contribution in [0.5, 0.6) is 0 Å². The molecule has 2 rings (SSSR count). The molecule has 0 saturated carbocycles. The Balaban J connectivity index is 2.30. The van der Waals surface area contributed by atoms with Crippen molar-refractivity contribution in [3.8, 4) is 0 Å². The SMILES string of the molecule is CCc1cccc([PH]2(S)SCCS2)c1. The van der Waals surface area contributed by atoms with Gasteiger partial charge in [-0.05, 0) is 0 Å². The molecule has 0 aliphatic carbocycles. The van der Waals surface area contributed by atoms with Gasteiger partial charge in [-0.25, -0.2) is 0 Å². The Morgan fingerprint density at radius 2 is 2.07 bits per heavy atom. The second-order valence-electron chi connectivity index (χ2n) is 3.33. The predicted octanol–water partition coefficient (Wildman–Crippen LogP) is 3.78. The molecule has 0 N–H and O–H groups in total. The predicted molar refractivity (Wildman–Crippen MR) is 77.7 cm³/mol. The van der Waals surface area contributed by atoms with Crippen molar-refractivity contribution in [1.29, 1.82) is 0 Å². The number of thiol groups is 1. The Morgan fingerprint density at radius 3 is 2.71 bits per heavy atom. The van der Waals surface area contributed by atoms with Crippen molar-refractivity contribution < 1.29 is 0 Å². The van der Waals surface area contributed by atoms with Gasteiger partial charge in [0.15, 0.2) is 0 Å². The molecule has 78 valence electrons. The molecule has 0 nitrogen and oxygen atoms in total. The van der Waals surface area contributed by atoms with E-state index in [0.29, 0.717) is 0 Å². The minimum atomic E-state index is -1.48. The van der Waals surface area contributed by atoms with Crippen LogP contribution in [0.25, 0.3) is 0 Å². The van der Waals surface area contributed by atoms with E-state index in [1.165, 1.54) is 22.4 Å². The summed E-state index contributed by atoms with van der Waals surface area (Å²) in [4.78, 5) is -1.48. The molecule has 1 aromatic rings. The van der Waals surface area contributed by atoms with E-state index in [-0.39, 0.29) is 0 Å². The van der Waals surface area contributed by atoms with Crippen LogP contribution in [0, 0.1) is 0 Å². The summed E-state index contributed by atoms with van der Waals surface area (Å²) in [6.45, 7) is 2.21. The molecular weight excluding hydrogens is 247 g/mol. The summed E-state index contributed by atoms with van der Waals surface area (Å²) < 4.78 is 0. The van der Waals surface area contributed by atoms with Crippen LogP contribution in [0.15, 0.2) is 24.3 Å². The first-order valence-corrected chi connectivity index (χ1v) is 11.6. The van der Waals surface area contributed by atoms with Gasteiger partial charge in [-0.2, -0.15) is 0 Å². The Labute approximate surface area is 99.6 Å². The molecule has 0 unspecified atom stereocenters. The first kappa shape index (κ1) is 11.2. The topological polar surface area (TPSA) is 0 Å². The van der Waals surface area contributed by atoms with E-state index in [1.54, 1.807) is 0 Å². The summed E-state index contributed by atoms with van der Waals surface area (Å²) in [5.74, 6) is 2.55. The van der Waals surface area contributed by atoms with Crippen LogP contribution >= 0.6 is 39.9 Å². The average Bonchev–Trinajstić information content (AvgIpc) is 2.67. The Hall–Kier alpha value is 0.700. The maximum atomic E-state index is 4.92. The Bertz CT molecular complexity index is 321. The number of hydrogen-bond acceptors (Lipinski definition) is 3. The van der Waals surface area contributed by atoms with Crippen LogP contribution in [-0.4, -0.2) is 11.5 Å². The van der Waals surface area contributed by atoms with Crippen molar-refractivity contribution in [2.45, 2.75) is 13.3 Å². The zero-order chi connectivity index (χ0) is 10.0. The van der Waals surface area contributed by atoms with E-state index >= 15 is 0 Å². The van der Waals surface area contributed by atoms with Crippen molar-refractivity contribution in [2.24, 2.45) is 0 Å². The zero-order valence-corrected chi connectivity index (χ0v) is 11.7. The van der Waals surface area contributed by atoms with Gasteiger partial charge in [0.1, 0.15) is 0 Å². The number of benzene rings is 1. The molecule has 0 amide bonds. The third-order valence-electron chi connectivity index (χ3n) is 2.38. The summed E-state index contributed by atoms with van der Waals surface area (Å²) >= 11 is 9.09. The molecular formula is C10H15PS3. The molecule has 4 heteroatoms.